The van der Waals surface area contributed by atoms with Crippen LogP contribution in [0.4, 0.5) is 5.69 Å². The van der Waals surface area contributed by atoms with Gasteiger partial charge in [-0.15, -0.1) is 0 Å². The first-order chi connectivity index (χ1) is 15.0. The van der Waals surface area contributed by atoms with E-state index in [1.54, 1.807) is 24.1 Å². The highest BCUT2D eigenvalue weighted by molar-refractivity contribution is 6.36. The number of hydrogen-bond donors (Lipinski definition) is 1. The summed E-state index contributed by atoms with van der Waals surface area (Å²) >= 11 is 12.7. The molecule has 0 spiro atoms. The quantitative estimate of drug-likeness (QED) is 0.522. The molecule has 1 aliphatic heterocycles. The van der Waals surface area contributed by atoms with Crippen LogP contribution in [0.2, 0.25) is 10.0 Å². The maximum absolute atomic E-state index is 13.7. The van der Waals surface area contributed by atoms with Crippen molar-refractivity contribution in [2.45, 2.75) is 26.9 Å². The maximum atomic E-state index is 13.7. The molecule has 0 unspecified atom stereocenters. The molecule has 0 aliphatic carbocycles. The zero-order chi connectivity index (χ0) is 22.1. The SMILES string of the molecule is CCNCc1c(C)nc2c(c1-c1ccc(Cl)cc1Cl)C(=O)N(c1ccccc1OC)C2. The molecular weight excluding hydrogens is 433 g/mol. The fourth-order valence-electron chi connectivity index (χ4n) is 4.01. The number of pyridine rings is 1. The Morgan fingerprint density at radius 2 is 1.94 bits per heavy atom. The second-order valence-electron chi connectivity index (χ2n) is 7.34. The summed E-state index contributed by atoms with van der Waals surface area (Å²) in [5.74, 6) is 0.519. The first-order valence-corrected chi connectivity index (χ1v) is 10.8. The molecule has 1 amide bonds. The standard InChI is InChI=1S/C24H23Cl2N3O2/c1-4-27-12-17-14(2)28-19-13-29(20-7-5-6-8-21(20)31-3)24(30)23(19)22(17)16-10-9-15(25)11-18(16)26/h5-11,27H,4,12-13H2,1-3H3. The molecule has 160 valence electrons. The third kappa shape index (κ3) is 3.89. The molecule has 0 saturated carbocycles. The summed E-state index contributed by atoms with van der Waals surface area (Å²) in [6.07, 6.45) is 0. The molecule has 31 heavy (non-hydrogen) atoms. The number of rotatable bonds is 6. The average molecular weight is 456 g/mol. The molecule has 1 aromatic heterocycles. The molecule has 4 rings (SSSR count). The van der Waals surface area contributed by atoms with Gasteiger partial charge in [-0.05, 0) is 43.3 Å². The highest BCUT2D eigenvalue weighted by Gasteiger charge is 2.36. The third-order valence-electron chi connectivity index (χ3n) is 5.47. The number of nitrogens with one attached hydrogen (secondary N) is 1. The minimum absolute atomic E-state index is 0.120. The van der Waals surface area contributed by atoms with Crippen LogP contribution < -0.4 is 15.0 Å². The third-order valence-corrected chi connectivity index (χ3v) is 6.02. The lowest BCUT2D eigenvalue weighted by Crippen LogP contribution is -2.24. The van der Waals surface area contributed by atoms with Crippen LogP contribution in [0.5, 0.6) is 5.75 Å². The number of halogens is 2. The number of amides is 1. The van der Waals surface area contributed by atoms with Gasteiger partial charge < -0.3 is 10.1 Å². The number of ether oxygens (including phenoxy) is 1. The molecule has 0 saturated heterocycles. The number of methoxy groups -OCH3 is 1. The summed E-state index contributed by atoms with van der Waals surface area (Å²) in [4.78, 5) is 20.2. The molecule has 1 N–H and O–H groups in total. The van der Waals surface area contributed by atoms with E-state index in [0.29, 0.717) is 40.1 Å². The second kappa shape index (κ2) is 8.87. The number of anilines is 1. The van der Waals surface area contributed by atoms with Gasteiger partial charge in [0.05, 0.1) is 30.6 Å². The first-order valence-electron chi connectivity index (χ1n) is 10.1. The van der Waals surface area contributed by atoms with Crippen molar-refractivity contribution in [2.75, 3.05) is 18.6 Å². The van der Waals surface area contributed by atoms with E-state index in [9.17, 15) is 4.79 Å². The summed E-state index contributed by atoms with van der Waals surface area (Å²) in [6.45, 7) is 5.76. The van der Waals surface area contributed by atoms with E-state index in [2.05, 4.69) is 5.32 Å². The molecule has 1 aliphatic rings. The van der Waals surface area contributed by atoms with Crippen LogP contribution in [0.3, 0.4) is 0 Å². The van der Waals surface area contributed by atoms with Gasteiger partial charge in [0.15, 0.2) is 0 Å². The van der Waals surface area contributed by atoms with Crippen LogP contribution in [0, 0.1) is 6.92 Å². The van der Waals surface area contributed by atoms with E-state index in [-0.39, 0.29) is 5.91 Å². The molecule has 0 atom stereocenters. The summed E-state index contributed by atoms with van der Waals surface area (Å²) < 4.78 is 5.49. The lowest BCUT2D eigenvalue weighted by Gasteiger charge is -2.19. The zero-order valence-corrected chi connectivity index (χ0v) is 19.1. The summed E-state index contributed by atoms with van der Waals surface area (Å²) in [5.41, 5.74) is 5.44. The van der Waals surface area contributed by atoms with Gasteiger partial charge in [-0.1, -0.05) is 48.3 Å². The number of aromatic nitrogens is 1. The van der Waals surface area contributed by atoms with Gasteiger partial charge in [-0.25, -0.2) is 0 Å². The van der Waals surface area contributed by atoms with Crippen molar-refractivity contribution in [3.8, 4) is 16.9 Å². The normalized spacial score (nSPS) is 12.9. The lowest BCUT2D eigenvalue weighted by molar-refractivity contribution is 0.0996. The number of nitrogens with zero attached hydrogens (tertiary/aromatic N) is 2. The second-order valence-corrected chi connectivity index (χ2v) is 8.18. The number of carbonyl (C=O) groups is 1. The summed E-state index contributed by atoms with van der Waals surface area (Å²) in [6, 6.07) is 12.9. The molecule has 5 nitrogen and oxygen atoms in total. The van der Waals surface area contributed by atoms with Crippen LogP contribution in [-0.4, -0.2) is 24.5 Å². The minimum atomic E-state index is -0.120. The van der Waals surface area contributed by atoms with Crippen LogP contribution in [0.1, 0.15) is 34.2 Å². The predicted octanol–water partition coefficient (Wildman–Crippen LogP) is 5.64. The van der Waals surface area contributed by atoms with E-state index in [1.165, 1.54) is 0 Å². The predicted molar refractivity (Wildman–Crippen MR) is 125 cm³/mol. The smallest absolute Gasteiger partial charge is 0.261 e. The van der Waals surface area contributed by atoms with Crippen LogP contribution in [0.15, 0.2) is 42.5 Å². The molecule has 2 heterocycles. The van der Waals surface area contributed by atoms with Crippen molar-refractivity contribution >= 4 is 34.8 Å². The highest BCUT2D eigenvalue weighted by atomic mass is 35.5. The largest absolute Gasteiger partial charge is 0.495 e. The highest BCUT2D eigenvalue weighted by Crippen LogP contribution is 2.42. The molecular formula is C24H23Cl2N3O2. The zero-order valence-electron chi connectivity index (χ0n) is 17.6. The van der Waals surface area contributed by atoms with Crippen LogP contribution in [-0.2, 0) is 13.1 Å². The Hall–Kier alpha value is -2.60. The number of carbonyl (C=O) groups excluding carboxylic acids is 1. The van der Waals surface area contributed by atoms with Crippen molar-refractivity contribution in [3.05, 3.63) is 75.0 Å². The fraction of sp³-hybridized carbons (Fsp3) is 0.250. The van der Waals surface area contributed by atoms with Crippen LogP contribution in [0.25, 0.3) is 11.1 Å². The van der Waals surface area contributed by atoms with Gasteiger partial charge in [0.2, 0.25) is 0 Å². The Labute approximate surface area is 192 Å². The molecule has 0 fully saturated rings. The molecule has 2 aromatic carbocycles. The molecule has 3 aromatic rings. The summed E-state index contributed by atoms with van der Waals surface area (Å²) in [7, 11) is 1.60. The van der Waals surface area contributed by atoms with Crippen molar-refractivity contribution in [1.82, 2.24) is 10.3 Å². The number of fused-ring (bicyclic) bond motifs is 1. The fourth-order valence-corrected chi connectivity index (χ4v) is 4.51. The Morgan fingerprint density at radius 1 is 1.16 bits per heavy atom. The number of benzene rings is 2. The van der Waals surface area contributed by atoms with Crippen molar-refractivity contribution in [3.63, 3.8) is 0 Å². The molecule has 0 radical (unpaired) electrons. The van der Waals surface area contributed by atoms with E-state index < -0.39 is 0 Å². The molecule has 0 bridgehead atoms. The first kappa shape index (κ1) is 21.6. The van der Waals surface area contributed by atoms with Gasteiger partial charge in [-0.2, -0.15) is 0 Å². The van der Waals surface area contributed by atoms with Gasteiger partial charge in [0.25, 0.3) is 5.91 Å². The van der Waals surface area contributed by atoms with E-state index in [0.717, 1.165) is 34.6 Å². The van der Waals surface area contributed by atoms with E-state index in [1.807, 2.05) is 44.2 Å². The Balaban J connectivity index is 1.93. The van der Waals surface area contributed by atoms with Crippen LogP contribution >= 0.6 is 23.2 Å². The van der Waals surface area contributed by atoms with Gasteiger partial charge in [0, 0.05) is 33.4 Å². The van der Waals surface area contributed by atoms with E-state index >= 15 is 0 Å². The number of hydrogen-bond acceptors (Lipinski definition) is 4. The minimum Gasteiger partial charge on any atom is -0.495 e. The maximum Gasteiger partial charge on any atom is 0.261 e. The number of para-hydroxylation sites is 2. The van der Waals surface area contributed by atoms with E-state index in [4.69, 9.17) is 32.9 Å². The van der Waals surface area contributed by atoms with Crippen molar-refractivity contribution < 1.29 is 9.53 Å². The Bertz CT molecular complexity index is 1160. The van der Waals surface area contributed by atoms with Crippen molar-refractivity contribution in [1.29, 1.82) is 0 Å². The summed E-state index contributed by atoms with van der Waals surface area (Å²) in [5, 5.41) is 4.41. The Morgan fingerprint density at radius 3 is 2.65 bits per heavy atom. The lowest BCUT2D eigenvalue weighted by atomic mass is 9.92. The topological polar surface area (TPSA) is 54.5 Å². The number of aryl methyl sites for hydroxylation is 1. The Kier molecular flexibility index (Phi) is 6.19. The van der Waals surface area contributed by atoms with Gasteiger partial charge in [-0.3, -0.25) is 14.7 Å². The van der Waals surface area contributed by atoms with Gasteiger partial charge in [0.1, 0.15) is 5.75 Å². The molecule has 7 heteroatoms. The average Bonchev–Trinajstić information content (AvgIpc) is 3.08. The van der Waals surface area contributed by atoms with Gasteiger partial charge >= 0.3 is 0 Å². The monoisotopic (exact) mass is 455 g/mol. The van der Waals surface area contributed by atoms with Crippen molar-refractivity contribution in [2.24, 2.45) is 0 Å².